The number of rotatable bonds is 15. The van der Waals surface area contributed by atoms with Crippen LogP contribution in [0.2, 0.25) is 10.0 Å². The molecule has 8 nitrogen and oxygen atoms in total. The molecule has 2 aromatic rings. The molecule has 0 aromatic heterocycles. The summed E-state index contributed by atoms with van der Waals surface area (Å²) < 4.78 is 21.5. The van der Waals surface area contributed by atoms with Crippen molar-refractivity contribution in [3.63, 3.8) is 0 Å². The summed E-state index contributed by atoms with van der Waals surface area (Å²) in [5, 5.41) is 10.3. The van der Waals surface area contributed by atoms with Gasteiger partial charge in [0.15, 0.2) is 6.10 Å². The molecule has 0 heterocycles. The maximum absolute atomic E-state index is 12.1. The van der Waals surface area contributed by atoms with Crippen LogP contribution in [0.25, 0.3) is 0 Å². The van der Waals surface area contributed by atoms with Crippen molar-refractivity contribution in [3.05, 3.63) is 63.6 Å². The Kier molecular flexibility index (Phi) is 12.7. The predicted molar refractivity (Wildman–Crippen MR) is 133 cm³/mol. The van der Waals surface area contributed by atoms with Gasteiger partial charge in [-0.25, -0.2) is 9.59 Å². The molecule has 192 valence electrons. The fraction of sp³-hybridized carbons (Fsp3) is 0.440. The Morgan fingerprint density at radius 1 is 1.00 bits per heavy atom. The minimum Gasteiger partial charge on any atom is -0.492 e. The lowest BCUT2D eigenvalue weighted by molar-refractivity contribution is -0.149. The smallest absolute Gasteiger partial charge is 0.409 e. The molecular weight excluding hydrogens is 497 g/mol. The third-order valence-electron chi connectivity index (χ3n) is 4.96. The van der Waals surface area contributed by atoms with Gasteiger partial charge in [0.05, 0.1) is 20.3 Å². The molecule has 35 heavy (non-hydrogen) atoms. The summed E-state index contributed by atoms with van der Waals surface area (Å²) in [6, 6.07) is 12.4. The number of halogens is 2. The van der Waals surface area contributed by atoms with Gasteiger partial charge in [0.1, 0.15) is 12.4 Å². The number of benzene rings is 2. The number of carboxylic acid groups (broad SMARTS) is 1. The third kappa shape index (κ3) is 10.7. The number of amides is 1. The van der Waals surface area contributed by atoms with Gasteiger partial charge in [-0.1, -0.05) is 35.3 Å². The minimum absolute atomic E-state index is 0.270. The first-order valence-corrected chi connectivity index (χ1v) is 12.0. The van der Waals surface area contributed by atoms with Gasteiger partial charge in [-0.2, -0.15) is 0 Å². The van der Waals surface area contributed by atoms with E-state index in [1.807, 2.05) is 0 Å². The van der Waals surface area contributed by atoms with Gasteiger partial charge in [-0.05, 0) is 54.8 Å². The first-order valence-electron chi connectivity index (χ1n) is 11.2. The topological polar surface area (TPSA) is 94.5 Å². The van der Waals surface area contributed by atoms with Crippen LogP contribution in [0.1, 0.15) is 24.5 Å². The van der Waals surface area contributed by atoms with E-state index < -0.39 is 18.2 Å². The van der Waals surface area contributed by atoms with Crippen LogP contribution in [0, 0.1) is 0 Å². The number of nitrogens with zero attached hydrogens (tertiary/aromatic N) is 1. The van der Waals surface area contributed by atoms with E-state index in [2.05, 4.69) is 0 Å². The Labute approximate surface area is 215 Å². The van der Waals surface area contributed by atoms with Crippen molar-refractivity contribution in [2.75, 3.05) is 40.0 Å². The van der Waals surface area contributed by atoms with E-state index in [0.717, 1.165) is 11.1 Å². The second-order valence-corrected chi connectivity index (χ2v) is 8.49. The van der Waals surface area contributed by atoms with Crippen molar-refractivity contribution < 1.29 is 33.6 Å². The average molecular weight is 528 g/mol. The Bertz CT molecular complexity index is 920. The molecule has 2 aromatic carbocycles. The van der Waals surface area contributed by atoms with Crippen molar-refractivity contribution in [1.82, 2.24) is 4.90 Å². The summed E-state index contributed by atoms with van der Waals surface area (Å²) in [7, 11) is 1.33. The van der Waals surface area contributed by atoms with Crippen molar-refractivity contribution in [1.29, 1.82) is 0 Å². The highest BCUT2D eigenvalue weighted by molar-refractivity contribution is 6.34. The van der Waals surface area contributed by atoms with Gasteiger partial charge in [0.2, 0.25) is 0 Å². The number of ether oxygens (including phenoxy) is 4. The van der Waals surface area contributed by atoms with E-state index in [-0.39, 0.29) is 13.0 Å². The number of aliphatic carboxylic acids is 1. The molecule has 0 fully saturated rings. The number of carbonyl (C=O) groups is 2. The standard InChI is InChI=1S/C25H31Cl2NO7/c1-3-34-23(24(29)30)15-18-5-7-22(8-6-18)35-12-10-28(25(31)32-2)9-4-11-33-17-19-13-20(26)16-21(27)14-19/h5-8,13-14,16,23H,3-4,9-12,15,17H2,1-2H3,(H,29,30). The average Bonchev–Trinajstić information content (AvgIpc) is 2.82. The van der Waals surface area contributed by atoms with Crippen LogP contribution < -0.4 is 4.74 Å². The summed E-state index contributed by atoms with van der Waals surface area (Å²) in [5.41, 5.74) is 1.71. The molecule has 1 amide bonds. The van der Waals surface area contributed by atoms with E-state index in [4.69, 9.17) is 42.1 Å². The van der Waals surface area contributed by atoms with E-state index in [0.29, 0.717) is 55.1 Å². The van der Waals surface area contributed by atoms with Crippen molar-refractivity contribution >= 4 is 35.3 Å². The van der Waals surface area contributed by atoms with Crippen LogP contribution in [0.4, 0.5) is 4.79 Å². The molecule has 0 aliphatic carbocycles. The Balaban J connectivity index is 1.74. The molecule has 0 bridgehead atoms. The first-order chi connectivity index (χ1) is 16.8. The molecule has 0 saturated carbocycles. The highest BCUT2D eigenvalue weighted by atomic mass is 35.5. The van der Waals surface area contributed by atoms with Crippen LogP contribution in [0.3, 0.4) is 0 Å². The summed E-state index contributed by atoms with van der Waals surface area (Å²) in [6.45, 7) is 3.96. The summed E-state index contributed by atoms with van der Waals surface area (Å²) in [5.74, 6) is -0.375. The largest absolute Gasteiger partial charge is 0.492 e. The first kappa shape index (κ1) is 28.7. The second-order valence-electron chi connectivity index (χ2n) is 7.62. The number of hydrogen-bond donors (Lipinski definition) is 1. The molecule has 1 atom stereocenters. The third-order valence-corrected chi connectivity index (χ3v) is 5.39. The van der Waals surface area contributed by atoms with Gasteiger partial charge < -0.3 is 29.0 Å². The number of hydrogen-bond acceptors (Lipinski definition) is 6. The zero-order chi connectivity index (χ0) is 25.6. The number of carboxylic acids is 1. The van der Waals surface area contributed by atoms with Gasteiger partial charge in [0.25, 0.3) is 0 Å². The molecule has 1 N–H and O–H groups in total. The molecule has 1 unspecified atom stereocenters. The summed E-state index contributed by atoms with van der Waals surface area (Å²) in [6.07, 6.45) is -0.442. The van der Waals surface area contributed by atoms with Gasteiger partial charge in [-0.15, -0.1) is 0 Å². The minimum atomic E-state index is -0.991. The van der Waals surface area contributed by atoms with Crippen molar-refractivity contribution in [3.8, 4) is 5.75 Å². The summed E-state index contributed by atoms with van der Waals surface area (Å²) >= 11 is 12.0. The van der Waals surface area contributed by atoms with E-state index >= 15 is 0 Å². The Hall–Kier alpha value is -2.52. The van der Waals surface area contributed by atoms with E-state index in [9.17, 15) is 14.7 Å². The van der Waals surface area contributed by atoms with E-state index in [1.165, 1.54) is 7.11 Å². The maximum Gasteiger partial charge on any atom is 0.409 e. The van der Waals surface area contributed by atoms with E-state index in [1.54, 1.807) is 54.3 Å². The van der Waals surface area contributed by atoms with Crippen LogP contribution in [-0.4, -0.2) is 68.2 Å². The lowest BCUT2D eigenvalue weighted by Crippen LogP contribution is -2.35. The maximum atomic E-state index is 12.1. The molecule has 0 saturated heterocycles. The Morgan fingerprint density at radius 2 is 1.69 bits per heavy atom. The zero-order valence-corrected chi connectivity index (χ0v) is 21.4. The van der Waals surface area contributed by atoms with Crippen LogP contribution in [0.5, 0.6) is 5.75 Å². The highest BCUT2D eigenvalue weighted by Gasteiger charge is 2.18. The molecule has 10 heteroatoms. The van der Waals surface area contributed by atoms with Gasteiger partial charge in [0, 0.05) is 36.2 Å². The lowest BCUT2D eigenvalue weighted by Gasteiger charge is -2.21. The molecule has 0 radical (unpaired) electrons. The molecular formula is C25H31Cl2NO7. The van der Waals surface area contributed by atoms with Gasteiger partial charge in [-0.3, -0.25) is 0 Å². The fourth-order valence-corrected chi connectivity index (χ4v) is 3.86. The molecule has 0 aliphatic heterocycles. The number of methoxy groups -OCH3 is 1. The highest BCUT2D eigenvalue weighted by Crippen LogP contribution is 2.19. The lowest BCUT2D eigenvalue weighted by atomic mass is 10.1. The van der Waals surface area contributed by atoms with Crippen molar-refractivity contribution in [2.24, 2.45) is 0 Å². The molecule has 0 aliphatic rings. The second kappa shape index (κ2) is 15.5. The quantitative estimate of drug-likeness (QED) is 0.322. The monoisotopic (exact) mass is 527 g/mol. The SMILES string of the molecule is CCOC(Cc1ccc(OCCN(CCCOCc2cc(Cl)cc(Cl)c2)C(=O)OC)cc1)C(=O)O. The molecule has 0 spiro atoms. The van der Waals surface area contributed by atoms with Crippen LogP contribution in [0.15, 0.2) is 42.5 Å². The summed E-state index contributed by atoms with van der Waals surface area (Å²) in [4.78, 5) is 24.9. The zero-order valence-electron chi connectivity index (χ0n) is 19.9. The predicted octanol–water partition coefficient (Wildman–Crippen LogP) is 5.08. The van der Waals surface area contributed by atoms with Gasteiger partial charge >= 0.3 is 12.1 Å². The fourth-order valence-electron chi connectivity index (χ4n) is 3.29. The number of carbonyl (C=O) groups excluding carboxylic acids is 1. The van der Waals surface area contributed by atoms with Crippen molar-refractivity contribution in [2.45, 2.75) is 32.5 Å². The van der Waals surface area contributed by atoms with Crippen LogP contribution in [-0.2, 0) is 32.0 Å². The normalized spacial score (nSPS) is 11.7. The molecule has 2 rings (SSSR count). The van der Waals surface area contributed by atoms with Crippen LogP contribution >= 0.6 is 23.2 Å². The Morgan fingerprint density at radius 3 is 2.29 bits per heavy atom.